The maximum absolute atomic E-state index is 3.53. The van der Waals surface area contributed by atoms with Gasteiger partial charge in [0.2, 0.25) is 0 Å². The van der Waals surface area contributed by atoms with Gasteiger partial charge in [0, 0.05) is 0 Å². The molecule has 258 valence electrons. The van der Waals surface area contributed by atoms with Crippen LogP contribution in [0.5, 0.6) is 0 Å². The summed E-state index contributed by atoms with van der Waals surface area (Å²) in [7, 11) is 0. The van der Waals surface area contributed by atoms with Crippen LogP contribution in [0.15, 0.2) is 103 Å². The Balaban J connectivity index is 0.000000682. The van der Waals surface area contributed by atoms with Gasteiger partial charge in [-0.1, -0.05) is 122 Å². The number of halogens is 2. The Kier molecular flexibility index (Phi) is 20.0. The third-order valence-corrected chi connectivity index (χ3v) is 7.82. The number of rotatable bonds is 0. The van der Waals surface area contributed by atoms with E-state index in [1.807, 2.05) is 54.6 Å². The zero-order valence-corrected chi connectivity index (χ0v) is 35.1. The minimum absolute atomic E-state index is 0. The molecule has 2 aliphatic carbocycles. The van der Waals surface area contributed by atoms with E-state index in [0.29, 0.717) is 11.3 Å². The second-order valence-electron chi connectivity index (χ2n) is 15.0. The van der Waals surface area contributed by atoms with Crippen LogP contribution >= 0.6 is 24.8 Å². The Bertz CT molecular complexity index is 1460. The van der Waals surface area contributed by atoms with Gasteiger partial charge in [0.1, 0.15) is 0 Å². The number of allylic oxidation sites excluding steroid dienone is 4. The van der Waals surface area contributed by atoms with Crippen molar-refractivity contribution in [2.75, 3.05) is 0 Å². The van der Waals surface area contributed by atoms with Crippen molar-refractivity contribution in [1.29, 1.82) is 0 Å². The van der Waals surface area contributed by atoms with Crippen LogP contribution in [0.3, 0.4) is 0 Å². The zero-order valence-electron chi connectivity index (χ0n) is 31.0. The van der Waals surface area contributed by atoms with Gasteiger partial charge in [-0.3, -0.25) is 6.08 Å². The molecular formula is C45H56Cl2Zr-4. The monoisotopic (exact) mass is 756 g/mol. The molecule has 3 heteroatoms. The molecule has 2 aliphatic rings. The molecule has 0 amide bonds. The number of hydrogen-bond acceptors (Lipinski definition) is 0. The zero-order chi connectivity index (χ0) is 34.5. The first-order valence-corrected chi connectivity index (χ1v) is 18.0. The summed E-state index contributed by atoms with van der Waals surface area (Å²) in [6.45, 7) is 24.6. The van der Waals surface area contributed by atoms with Crippen molar-refractivity contribution in [2.24, 2.45) is 11.3 Å². The summed E-state index contributed by atoms with van der Waals surface area (Å²) in [5, 5.41) is 0. The molecule has 1 atom stereocenters. The van der Waals surface area contributed by atoms with Crippen molar-refractivity contribution in [2.45, 2.75) is 93.4 Å². The molecule has 0 saturated heterocycles. The van der Waals surface area contributed by atoms with Crippen LogP contribution in [0.25, 0.3) is 11.1 Å². The smallest absolute Gasteiger partial charge is 0.171 e. The molecule has 4 aromatic carbocycles. The predicted molar refractivity (Wildman–Crippen MR) is 212 cm³/mol. The molecule has 0 aliphatic heterocycles. The first-order valence-electron chi connectivity index (χ1n) is 16.3. The van der Waals surface area contributed by atoms with Crippen LogP contribution in [-0.4, -0.2) is 4.21 Å². The molecule has 0 saturated carbocycles. The summed E-state index contributed by atoms with van der Waals surface area (Å²) in [6, 6.07) is 38.4. The van der Waals surface area contributed by atoms with Crippen molar-refractivity contribution < 1.29 is 24.2 Å². The van der Waals surface area contributed by atoms with Crippen molar-refractivity contribution in [3.05, 3.63) is 155 Å². The Morgan fingerprint density at radius 1 is 0.688 bits per heavy atom. The van der Waals surface area contributed by atoms with Gasteiger partial charge >= 0.3 is 28.4 Å². The van der Waals surface area contributed by atoms with Gasteiger partial charge in [0.15, 0.2) is 0 Å². The first kappa shape index (κ1) is 45.7. The fourth-order valence-electron chi connectivity index (χ4n) is 4.85. The van der Waals surface area contributed by atoms with E-state index in [0.717, 1.165) is 6.42 Å². The molecule has 0 N–H and O–H groups in total. The Morgan fingerprint density at radius 2 is 1.23 bits per heavy atom. The van der Waals surface area contributed by atoms with Gasteiger partial charge in [0.25, 0.3) is 0 Å². The maximum Gasteiger partial charge on any atom is -0.171 e. The van der Waals surface area contributed by atoms with Crippen LogP contribution in [0.4, 0.5) is 0 Å². The first-order chi connectivity index (χ1) is 21.6. The summed E-state index contributed by atoms with van der Waals surface area (Å²) in [6.07, 6.45) is 8.68. The topological polar surface area (TPSA) is 0 Å². The van der Waals surface area contributed by atoms with E-state index in [1.165, 1.54) is 68.8 Å². The largest absolute Gasteiger partial charge is 0.184 e. The number of fused-ring (bicyclic) bond motifs is 3. The number of hydrogen-bond donors (Lipinski definition) is 0. The summed E-state index contributed by atoms with van der Waals surface area (Å²) < 4.78 is 3.34. The quantitative estimate of drug-likeness (QED) is 0.138. The van der Waals surface area contributed by atoms with Crippen LogP contribution < -0.4 is 0 Å². The molecule has 0 heterocycles. The Hall–Kier alpha value is -2.31. The number of benzene rings is 4. The van der Waals surface area contributed by atoms with Crippen molar-refractivity contribution in [3.63, 3.8) is 0 Å². The van der Waals surface area contributed by atoms with Gasteiger partial charge in [0.05, 0.1) is 0 Å². The Morgan fingerprint density at radius 3 is 1.60 bits per heavy atom. The van der Waals surface area contributed by atoms with Gasteiger partial charge in [-0.05, 0) is 17.4 Å². The molecule has 48 heavy (non-hydrogen) atoms. The fourth-order valence-corrected chi connectivity index (χ4v) is 4.85. The van der Waals surface area contributed by atoms with Crippen LogP contribution in [-0.2, 0) is 41.5 Å². The van der Waals surface area contributed by atoms with Crippen LogP contribution in [0.1, 0.15) is 97.1 Å². The van der Waals surface area contributed by atoms with Gasteiger partial charge < -0.3 is 0 Å². The van der Waals surface area contributed by atoms with E-state index >= 15 is 0 Å². The second kappa shape index (κ2) is 21.0. The predicted octanol–water partition coefficient (Wildman–Crippen LogP) is 12.7. The van der Waals surface area contributed by atoms with Crippen LogP contribution in [0, 0.1) is 42.5 Å². The molecule has 0 nitrogen and oxygen atoms in total. The molecule has 0 radical (unpaired) electrons. The van der Waals surface area contributed by atoms with E-state index in [4.69, 9.17) is 0 Å². The second-order valence-corrected chi connectivity index (χ2v) is 15.0. The van der Waals surface area contributed by atoms with E-state index in [1.54, 1.807) is 0 Å². The van der Waals surface area contributed by atoms with E-state index < -0.39 is 0 Å². The standard InChI is InChI=1S/C21H25.C10H15.C7H7.C6H5.CH2.2ClH.Zr/c1-20(2,3)16-9-7-14-11-15-8-10-17(21(4,5)6)13-19(15)18(14)12-16;1-8-5-6-9(7-8)10(2,3)4;1-7-5-3-2-4-6-7;1-2-4-6-5-3-1;;;;/h7,9-10,12-13H,11H2,1-6H3;6-8H,1-4H3;3-6H,1H3;1-5H;1H2;2*1H;/q4*-1;;;;. The minimum Gasteiger partial charge on any atom is -0.184 e. The van der Waals surface area contributed by atoms with Gasteiger partial charge in [-0.15, -0.1) is 30.4 Å². The summed E-state index contributed by atoms with van der Waals surface area (Å²) in [4.78, 5) is 0. The average Bonchev–Trinajstić information content (AvgIpc) is 3.62. The van der Waals surface area contributed by atoms with Crippen molar-refractivity contribution in [1.82, 2.24) is 0 Å². The van der Waals surface area contributed by atoms with Gasteiger partial charge in [-0.25, -0.2) is 6.08 Å². The molecule has 4 aromatic rings. The SMILES string of the molecule is CC(C)(C)c1c[c-]c2c(c1)-c1cc(C(C)(C)C)ccc1C2.CC1[C-]=CC(C(C)(C)C)=C1.Cc1cc[c-]cc1.Cl.Cl.[CH2]=[Zr].[c-]1ccccc1. The Labute approximate surface area is 321 Å². The fraction of sp³-hybridized carbons (Fsp3) is 0.356. The summed E-state index contributed by atoms with van der Waals surface area (Å²) in [5.74, 6) is 0.522. The average molecular weight is 759 g/mol. The summed E-state index contributed by atoms with van der Waals surface area (Å²) in [5.41, 5.74) is 11.8. The van der Waals surface area contributed by atoms with E-state index in [9.17, 15) is 0 Å². The molecule has 6 rings (SSSR count). The number of aryl methyl sites for hydroxylation is 1. The minimum atomic E-state index is 0. The van der Waals surface area contributed by atoms with Crippen molar-refractivity contribution in [3.8, 4) is 11.1 Å². The third-order valence-electron chi connectivity index (χ3n) is 7.82. The molecule has 1 unspecified atom stereocenters. The third kappa shape index (κ3) is 15.1. The van der Waals surface area contributed by atoms with Gasteiger partial charge in [-0.2, -0.15) is 113 Å². The summed E-state index contributed by atoms with van der Waals surface area (Å²) >= 11 is 1.30. The van der Waals surface area contributed by atoms with E-state index in [2.05, 4.69) is 147 Å². The molecule has 0 bridgehead atoms. The molecule has 0 fully saturated rings. The normalized spacial score (nSPS) is 13.7. The molecule has 0 spiro atoms. The maximum atomic E-state index is 3.53. The van der Waals surface area contributed by atoms with Crippen molar-refractivity contribution >= 4 is 29.0 Å². The van der Waals surface area contributed by atoms with E-state index in [-0.39, 0.29) is 35.6 Å². The molecular weight excluding hydrogens is 703 g/mol. The molecule has 0 aromatic heterocycles. The van der Waals surface area contributed by atoms with Crippen LogP contribution in [0.2, 0.25) is 0 Å².